The summed E-state index contributed by atoms with van der Waals surface area (Å²) in [5, 5.41) is 0. The Bertz CT molecular complexity index is 537. The molecule has 0 fully saturated rings. The van der Waals surface area contributed by atoms with Crippen LogP contribution in [0.3, 0.4) is 0 Å². The van der Waals surface area contributed by atoms with Gasteiger partial charge in [-0.25, -0.2) is 4.39 Å². The topological polar surface area (TPSA) is 9.23 Å². The van der Waals surface area contributed by atoms with E-state index in [1.54, 1.807) is 6.07 Å². The van der Waals surface area contributed by atoms with Crippen LogP contribution in [0.5, 0.6) is 5.75 Å². The summed E-state index contributed by atoms with van der Waals surface area (Å²) in [5.74, 6) is 0.513. The van der Waals surface area contributed by atoms with E-state index in [2.05, 4.69) is 35.0 Å². The van der Waals surface area contributed by atoms with E-state index in [-0.39, 0.29) is 12.4 Å². The Labute approximate surface area is 121 Å². The van der Waals surface area contributed by atoms with Crippen LogP contribution >= 0.6 is 15.9 Å². The minimum Gasteiger partial charge on any atom is -0.489 e. The number of benzene rings is 2. The van der Waals surface area contributed by atoms with Gasteiger partial charge in [0.05, 0.1) is 0 Å². The highest BCUT2D eigenvalue weighted by molar-refractivity contribution is 9.10. The van der Waals surface area contributed by atoms with Crippen molar-refractivity contribution in [3.05, 3.63) is 63.9 Å². The maximum Gasteiger partial charge on any atom is 0.130 e. The molecular formula is C16H16BrFO. The van der Waals surface area contributed by atoms with Crippen molar-refractivity contribution in [1.29, 1.82) is 0 Å². The van der Waals surface area contributed by atoms with Crippen LogP contribution in [0.15, 0.2) is 46.9 Å². The van der Waals surface area contributed by atoms with Gasteiger partial charge in [0.15, 0.2) is 0 Å². The van der Waals surface area contributed by atoms with Gasteiger partial charge >= 0.3 is 0 Å². The number of aryl methyl sites for hydroxylation is 1. The number of halogens is 2. The predicted molar refractivity (Wildman–Crippen MR) is 78.9 cm³/mol. The third-order valence-corrected chi connectivity index (χ3v) is 3.36. The number of hydrogen-bond donors (Lipinski definition) is 0. The highest BCUT2D eigenvalue weighted by atomic mass is 79.9. The molecular weight excluding hydrogens is 307 g/mol. The quantitative estimate of drug-likeness (QED) is 0.742. The third kappa shape index (κ3) is 4.06. The normalized spacial score (nSPS) is 10.5. The SMILES string of the molecule is CCCc1ccc(OCc2ccc(Br)cc2F)cc1. The molecule has 0 N–H and O–H groups in total. The number of ether oxygens (including phenoxy) is 1. The van der Waals surface area contributed by atoms with E-state index in [4.69, 9.17) is 4.74 Å². The van der Waals surface area contributed by atoms with E-state index in [0.717, 1.165) is 23.1 Å². The van der Waals surface area contributed by atoms with E-state index in [0.29, 0.717) is 5.56 Å². The van der Waals surface area contributed by atoms with Gasteiger partial charge in [0, 0.05) is 10.0 Å². The molecule has 19 heavy (non-hydrogen) atoms. The molecule has 0 atom stereocenters. The van der Waals surface area contributed by atoms with Crippen molar-refractivity contribution in [2.75, 3.05) is 0 Å². The molecule has 2 rings (SSSR count). The van der Waals surface area contributed by atoms with Crippen LogP contribution < -0.4 is 4.74 Å². The summed E-state index contributed by atoms with van der Waals surface area (Å²) in [6.45, 7) is 2.40. The van der Waals surface area contributed by atoms with Gasteiger partial charge in [-0.3, -0.25) is 0 Å². The first kappa shape index (κ1) is 14.1. The monoisotopic (exact) mass is 322 g/mol. The molecule has 0 spiro atoms. The first-order valence-corrected chi connectivity index (χ1v) is 7.14. The third-order valence-electron chi connectivity index (χ3n) is 2.87. The average molecular weight is 323 g/mol. The Hall–Kier alpha value is -1.35. The van der Waals surface area contributed by atoms with Crippen molar-refractivity contribution in [1.82, 2.24) is 0 Å². The zero-order valence-corrected chi connectivity index (χ0v) is 12.4. The van der Waals surface area contributed by atoms with Crippen LogP contribution in [0.4, 0.5) is 4.39 Å². The zero-order valence-electron chi connectivity index (χ0n) is 10.8. The van der Waals surface area contributed by atoms with Crippen LogP contribution in [0, 0.1) is 5.82 Å². The highest BCUT2D eigenvalue weighted by Crippen LogP contribution is 2.18. The highest BCUT2D eigenvalue weighted by Gasteiger charge is 2.03. The largest absolute Gasteiger partial charge is 0.489 e. The summed E-state index contributed by atoms with van der Waals surface area (Å²) >= 11 is 3.23. The molecule has 0 bridgehead atoms. The van der Waals surface area contributed by atoms with Gasteiger partial charge < -0.3 is 4.74 Å². The van der Waals surface area contributed by atoms with Crippen LogP contribution in [0.2, 0.25) is 0 Å². The predicted octanol–water partition coefficient (Wildman–Crippen LogP) is 5.12. The lowest BCUT2D eigenvalue weighted by molar-refractivity contribution is 0.299. The lowest BCUT2D eigenvalue weighted by Crippen LogP contribution is -1.98. The fourth-order valence-electron chi connectivity index (χ4n) is 1.84. The van der Waals surface area contributed by atoms with Crippen LogP contribution in [-0.2, 0) is 13.0 Å². The average Bonchev–Trinajstić information content (AvgIpc) is 2.40. The lowest BCUT2D eigenvalue weighted by Gasteiger charge is -2.08. The molecule has 0 heterocycles. The van der Waals surface area contributed by atoms with Gasteiger partial charge in [0.1, 0.15) is 18.2 Å². The van der Waals surface area contributed by atoms with Crippen LogP contribution in [-0.4, -0.2) is 0 Å². The molecule has 2 aromatic rings. The molecule has 0 saturated heterocycles. The van der Waals surface area contributed by atoms with Crippen molar-refractivity contribution in [3.63, 3.8) is 0 Å². The number of rotatable bonds is 5. The maximum atomic E-state index is 13.6. The molecule has 0 aliphatic rings. The molecule has 0 aliphatic heterocycles. The molecule has 0 unspecified atom stereocenters. The first-order chi connectivity index (χ1) is 9.19. The minimum atomic E-state index is -0.253. The second kappa shape index (κ2) is 6.71. The Morgan fingerprint density at radius 3 is 2.47 bits per heavy atom. The molecule has 0 aromatic heterocycles. The molecule has 100 valence electrons. The van der Waals surface area contributed by atoms with Crippen LogP contribution in [0.1, 0.15) is 24.5 Å². The maximum absolute atomic E-state index is 13.6. The summed E-state index contributed by atoms with van der Waals surface area (Å²) in [6.07, 6.45) is 2.20. The Kier molecular flexibility index (Phi) is 4.97. The summed E-state index contributed by atoms with van der Waals surface area (Å²) in [4.78, 5) is 0. The van der Waals surface area contributed by atoms with Gasteiger partial charge in [-0.2, -0.15) is 0 Å². The molecule has 0 amide bonds. The molecule has 0 aliphatic carbocycles. The van der Waals surface area contributed by atoms with E-state index < -0.39 is 0 Å². The standard InChI is InChI=1S/C16H16BrFO/c1-2-3-12-4-8-15(9-5-12)19-11-13-6-7-14(17)10-16(13)18/h4-10H,2-3,11H2,1H3. The summed E-state index contributed by atoms with van der Waals surface area (Å²) in [7, 11) is 0. The second-order valence-corrected chi connectivity index (χ2v) is 5.33. The first-order valence-electron chi connectivity index (χ1n) is 6.34. The molecule has 0 radical (unpaired) electrons. The van der Waals surface area contributed by atoms with Crippen LogP contribution in [0.25, 0.3) is 0 Å². The summed E-state index contributed by atoms with van der Waals surface area (Å²) in [6, 6.07) is 13.0. The molecule has 3 heteroatoms. The Balaban J connectivity index is 1.98. The fourth-order valence-corrected chi connectivity index (χ4v) is 2.17. The zero-order chi connectivity index (χ0) is 13.7. The van der Waals surface area contributed by atoms with Gasteiger partial charge in [0.25, 0.3) is 0 Å². The Morgan fingerprint density at radius 2 is 1.84 bits per heavy atom. The fraction of sp³-hybridized carbons (Fsp3) is 0.250. The molecule has 0 saturated carbocycles. The van der Waals surface area contributed by atoms with Crippen molar-refractivity contribution < 1.29 is 9.13 Å². The van der Waals surface area contributed by atoms with Crippen molar-refractivity contribution in [2.24, 2.45) is 0 Å². The second-order valence-electron chi connectivity index (χ2n) is 4.42. The number of hydrogen-bond acceptors (Lipinski definition) is 1. The van der Waals surface area contributed by atoms with Gasteiger partial charge in [0.2, 0.25) is 0 Å². The van der Waals surface area contributed by atoms with Crippen molar-refractivity contribution in [3.8, 4) is 5.75 Å². The van der Waals surface area contributed by atoms with Gasteiger partial charge in [-0.15, -0.1) is 0 Å². The summed E-state index contributed by atoms with van der Waals surface area (Å²) < 4.78 is 19.9. The summed E-state index contributed by atoms with van der Waals surface area (Å²) in [5.41, 5.74) is 1.85. The van der Waals surface area contributed by atoms with Crippen molar-refractivity contribution >= 4 is 15.9 Å². The smallest absolute Gasteiger partial charge is 0.130 e. The van der Waals surface area contributed by atoms with Crippen molar-refractivity contribution in [2.45, 2.75) is 26.4 Å². The van der Waals surface area contributed by atoms with E-state index in [1.807, 2.05) is 18.2 Å². The van der Waals surface area contributed by atoms with E-state index in [9.17, 15) is 4.39 Å². The minimum absolute atomic E-state index is 0.242. The lowest BCUT2D eigenvalue weighted by atomic mass is 10.1. The Morgan fingerprint density at radius 1 is 1.11 bits per heavy atom. The van der Waals surface area contributed by atoms with Gasteiger partial charge in [-0.1, -0.05) is 47.5 Å². The van der Waals surface area contributed by atoms with Gasteiger partial charge in [-0.05, 0) is 36.2 Å². The van der Waals surface area contributed by atoms with E-state index in [1.165, 1.54) is 11.6 Å². The molecule has 2 aromatic carbocycles. The van der Waals surface area contributed by atoms with E-state index >= 15 is 0 Å². The molecule has 1 nitrogen and oxygen atoms in total.